The van der Waals surface area contributed by atoms with Crippen LogP contribution in [0.5, 0.6) is 0 Å². The van der Waals surface area contributed by atoms with Gasteiger partial charge in [-0.1, -0.05) is 12.1 Å². The quantitative estimate of drug-likeness (QED) is 0.525. The number of nitrogens with zero attached hydrogens (tertiary/aromatic N) is 2. The summed E-state index contributed by atoms with van der Waals surface area (Å²) in [5, 5.41) is 9.39. The molecule has 0 radical (unpaired) electrons. The largest absolute Gasteiger partial charge is 0.491 e. The number of aromatic nitrogens is 1. The summed E-state index contributed by atoms with van der Waals surface area (Å²) in [6.45, 7) is 0. The van der Waals surface area contributed by atoms with Crippen molar-refractivity contribution in [2.45, 2.75) is 6.18 Å². The van der Waals surface area contributed by atoms with E-state index in [4.69, 9.17) is 10.2 Å². The van der Waals surface area contributed by atoms with E-state index in [1.165, 1.54) is 18.4 Å². The number of anilines is 1. The molecule has 0 spiro atoms. The third kappa shape index (κ3) is 4.08. The van der Waals surface area contributed by atoms with Gasteiger partial charge < -0.3 is 14.9 Å². The van der Waals surface area contributed by atoms with Crippen LogP contribution < -0.4 is 5.73 Å². The Morgan fingerprint density at radius 3 is 2.41 bits per heavy atom. The lowest BCUT2D eigenvalue weighted by Gasteiger charge is -2.10. The van der Waals surface area contributed by atoms with Crippen molar-refractivity contribution in [3.05, 3.63) is 59.9 Å². The molecule has 0 saturated carbocycles. The normalized spacial score (nSPS) is 11.0. The molecule has 2 aromatic heterocycles. The van der Waals surface area contributed by atoms with Crippen molar-refractivity contribution in [2.24, 2.45) is 0 Å². The molecule has 7 nitrogen and oxygen atoms in total. The van der Waals surface area contributed by atoms with Crippen molar-refractivity contribution in [1.82, 2.24) is 4.98 Å². The highest BCUT2D eigenvalue weighted by molar-refractivity contribution is 5.98. The van der Waals surface area contributed by atoms with Crippen LogP contribution in [0.25, 0.3) is 22.6 Å². The fourth-order valence-corrected chi connectivity index (χ4v) is 2.45. The van der Waals surface area contributed by atoms with Gasteiger partial charge in [0.1, 0.15) is 23.1 Å². The zero-order chi connectivity index (χ0) is 21.2. The van der Waals surface area contributed by atoms with Crippen LogP contribution in [0.4, 0.5) is 19.0 Å². The molecule has 3 aromatic rings. The minimum Gasteiger partial charge on any atom is -0.463 e. The minimum atomic E-state index is -5.28. The van der Waals surface area contributed by atoms with Crippen LogP contribution in [0.2, 0.25) is 0 Å². The number of nitriles is 1. The minimum absolute atomic E-state index is 0.0457. The predicted molar refractivity (Wildman–Crippen MR) is 93.0 cm³/mol. The summed E-state index contributed by atoms with van der Waals surface area (Å²) in [7, 11) is 0. The summed E-state index contributed by atoms with van der Waals surface area (Å²) < 4.78 is 45.7. The Bertz CT molecular complexity index is 1120. The number of hydrogen-bond acceptors (Lipinski definition) is 7. The molecule has 0 unspecified atom stereocenters. The highest BCUT2D eigenvalue weighted by Crippen LogP contribution is 2.31. The number of nitrogen functional groups attached to an aromatic ring is 1. The Morgan fingerprint density at radius 2 is 1.86 bits per heavy atom. The van der Waals surface area contributed by atoms with E-state index in [1.54, 1.807) is 18.2 Å². The molecule has 0 atom stereocenters. The van der Waals surface area contributed by atoms with Gasteiger partial charge in [0, 0.05) is 5.56 Å². The van der Waals surface area contributed by atoms with Crippen molar-refractivity contribution < 1.29 is 31.9 Å². The molecular formula is C19H10F3N3O4. The number of benzene rings is 1. The van der Waals surface area contributed by atoms with Gasteiger partial charge in [-0.3, -0.25) is 0 Å². The number of pyridine rings is 1. The van der Waals surface area contributed by atoms with Gasteiger partial charge in [0.2, 0.25) is 0 Å². The van der Waals surface area contributed by atoms with Crippen LogP contribution in [0.1, 0.15) is 15.9 Å². The molecule has 0 bridgehead atoms. The molecule has 0 amide bonds. The number of rotatable bonds is 3. The summed E-state index contributed by atoms with van der Waals surface area (Å²) in [6.07, 6.45) is -3.85. The van der Waals surface area contributed by atoms with Crippen molar-refractivity contribution in [2.75, 3.05) is 5.73 Å². The van der Waals surface area contributed by atoms with Crippen LogP contribution in [0, 0.1) is 11.3 Å². The molecule has 0 aliphatic carbocycles. The number of nitrogens with two attached hydrogens (primary N) is 1. The van der Waals surface area contributed by atoms with Crippen molar-refractivity contribution in [1.29, 1.82) is 5.26 Å². The monoisotopic (exact) mass is 401 g/mol. The number of carbonyl (C=O) groups is 2. The molecule has 1 aromatic carbocycles. The average molecular weight is 401 g/mol. The molecule has 10 heteroatoms. The molecular weight excluding hydrogens is 391 g/mol. The Hall–Kier alpha value is -4.13. The summed E-state index contributed by atoms with van der Waals surface area (Å²) in [4.78, 5) is 26.6. The second kappa shape index (κ2) is 7.47. The maximum Gasteiger partial charge on any atom is 0.491 e. The van der Waals surface area contributed by atoms with E-state index < -0.39 is 18.1 Å². The lowest BCUT2D eigenvalue weighted by molar-refractivity contribution is -0.193. The van der Waals surface area contributed by atoms with E-state index in [9.17, 15) is 28.0 Å². The van der Waals surface area contributed by atoms with Gasteiger partial charge in [0.15, 0.2) is 5.76 Å². The SMILES string of the molecule is N#Cc1c(-c2ccc(C(=O)OC(=O)C(F)(F)F)cc2)cc(-c2ccco2)nc1N. The van der Waals surface area contributed by atoms with Crippen LogP contribution in [0.3, 0.4) is 0 Å². The Morgan fingerprint density at radius 1 is 1.17 bits per heavy atom. The molecule has 0 fully saturated rings. The smallest absolute Gasteiger partial charge is 0.463 e. The third-order valence-electron chi connectivity index (χ3n) is 3.78. The molecule has 0 aliphatic rings. The second-order valence-electron chi connectivity index (χ2n) is 5.66. The van der Waals surface area contributed by atoms with Gasteiger partial charge in [0.25, 0.3) is 0 Å². The lowest BCUT2D eigenvalue weighted by Crippen LogP contribution is -2.28. The first kappa shape index (κ1) is 19.6. The molecule has 2 heterocycles. The number of esters is 2. The molecule has 29 heavy (non-hydrogen) atoms. The molecule has 0 saturated heterocycles. The van der Waals surface area contributed by atoms with Gasteiger partial charge >= 0.3 is 18.1 Å². The van der Waals surface area contributed by atoms with Crippen molar-refractivity contribution in [3.63, 3.8) is 0 Å². The topological polar surface area (TPSA) is 119 Å². The Kier molecular flexibility index (Phi) is 5.06. The first-order valence-electron chi connectivity index (χ1n) is 7.89. The van der Waals surface area contributed by atoms with Gasteiger partial charge in [-0.25, -0.2) is 14.6 Å². The maximum absolute atomic E-state index is 12.2. The second-order valence-corrected chi connectivity index (χ2v) is 5.66. The van der Waals surface area contributed by atoms with Gasteiger partial charge in [-0.05, 0) is 35.9 Å². The molecule has 146 valence electrons. The van der Waals surface area contributed by atoms with Gasteiger partial charge in [-0.15, -0.1) is 0 Å². The zero-order valence-electron chi connectivity index (χ0n) is 14.4. The van der Waals surface area contributed by atoms with E-state index in [2.05, 4.69) is 9.72 Å². The highest BCUT2D eigenvalue weighted by Gasteiger charge is 2.42. The number of ether oxygens (including phenoxy) is 1. The Balaban J connectivity index is 1.95. The van der Waals surface area contributed by atoms with Crippen LogP contribution >= 0.6 is 0 Å². The van der Waals surface area contributed by atoms with E-state index in [-0.39, 0.29) is 16.9 Å². The number of furan rings is 1. The number of carbonyl (C=O) groups excluding carboxylic acids is 2. The van der Waals surface area contributed by atoms with Crippen LogP contribution in [-0.4, -0.2) is 23.1 Å². The van der Waals surface area contributed by atoms with E-state index in [0.717, 1.165) is 12.1 Å². The third-order valence-corrected chi connectivity index (χ3v) is 3.78. The van der Waals surface area contributed by atoms with Crippen molar-refractivity contribution in [3.8, 4) is 28.7 Å². The number of hydrogen-bond donors (Lipinski definition) is 1. The van der Waals surface area contributed by atoms with Crippen molar-refractivity contribution >= 4 is 17.8 Å². The first-order valence-corrected chi connectivity index (χ1v) is 7.89. The summed E-state index contributed by atoms with van der Waals surface area (Å²) in [6, 6.07) is 11.8. The maximum atomic E-state index is 12.2. The van der Waals surface area contributed by atoms with E-state index in [1.807, 2.05) is 6.07 Å². The van der Waals surface area contributed by atoms with E-state index in [0.29, 0.717) is 22.6 Å². The average Bonchev–Trinajstić information content (AvgIpc) is 3.21. The Labute approximate surface area is 161 Å². The van der Waals surface area contributed by atoms with E-state index >= 15 is 0 Å². The summed E-state index contributed by atoms with van der Waals surface area (Å²) in [5.41, 5.74) is 6.82. The van der Waals surface area contributed by atoms with Gasteiger partial charge in [0.05, 0.1) is 11.8 Å². The molecule has 2 N–H and O–H groups in total. The zero-order valence-corrected chi connectivity index (χ0v) is 14.4. The summed E-state index contributed by atoms with van der Waals surface area (Å²) >= 11 is 0. The molecule has 3 rings (SSSR count). The number of halogens is 3. The highest BCUT2D eigenvalue weighted by atomic mass is 19.4. The standard InChI is InChI=1S/C19H10F3N3O4/c20-19(21,22)18(27)29-17(26)11-5-3-10(4-6-11)12-8-14(15-2-1-7-28-15)25-16(24)13(12)9-23/h1-8H,(H2,24,25). The fraction of sp³-hybridized carbons (Fsp3) is 0.0526. The number of alkyl halides is 3. The summed E-state index contributed by atoms with van der Waals surface area (Å²) in [5.74, 6) is -3.70. The lowest BCUT2D eigenvalue weighted by atomic mass is 9.98. The van der Waals surface area contributed by atoms with Gasteiger partial charge in [-0.2, -0.15) is 18.4 Å². The first-order chi connectivity index (χ1) is 13.7. The fourth-order valence-electron chi connectivity index (χ4n) is 2.45. The van der Waals surface area contributed by atoms with Crippen LogP contribution in [-0.2, 0) is 9.53 Å². The molecule has 0 aliphatic heterocycles. The predicted octanol–water partition coefficient (Wildman–Crippen LogP) is 3.71. The van der Waals surface area contributed by atoms with Crippen LogP contribution in [0.15, 0.2) is 53.1 Å².